The normalized spacial score (nSPS) is 15.8. The summed E-state index contributed by atoms with van der Waals surface area (Å²) >= 11 is 0. The Bertz CT molecular complexity index is 936. The summed E-state index contributed by atoms with van der Waals surface area (Å²) in [5, 5.41) is 8.53. The Labute approximate surface area is 143 Å². The van der Waals surface area contributed by atoms with Crippen LogP contribution in [-0.2, 0) is 6.42 Å². The Morgan fingerprint density at radius 3 is 2.76 bits per heavy atom. The summed E-state index contributed by atoms with van der Waals surface area (Å²) in [6.07, 6.45) is 2.31. The summed E-state index contributed by atoms with van der Waals surface area (Å²) in [4.78, 5) is 20.9. The third-order valence-electron chi connectivity index (χ3n) is 3.99. The van der Waals surface area contributed by atoms with Crippen molar-refractivity contribution in [2.75, 3.05) is 5.73 Å². The first-order valence-corrected chi connectivity index (χ1v) is 7.90. The number of aromatic nitrogens is 2. The third kappa shape index (κ3) is 3.03. The van der Waals surface area contributed by atoms with Crippen molar-refractivity contribution in [3.8, 4) is 11.5 Å². The molecule has 25 heavy (non-hydrogen) atoms. The molecule has 1 aromatic carbocycles. The number of rotatable bonds is 4. The van der Waals surface area contributed by atoms with Crippen molar-refractivity contribution in [3.63, 3.8) is 0 Å². The molecular formula is C18H15N5O2. The van der Waals surface area contributed by atoms with Gasteiger partial charge in [0.05, 0.1) is 18.0 Å². The molecule has 0 bridgehead atoms. The molecule has 1 atom stereocenters. The smallest absolute Gasteiger partial charge is 0.221 e. The molecule has 3 aromatic rings. The molecule has 0 saturated carbocycles. The number of ketones is 1. The van der Waals surface area contributed by atoms with E-state index < -0.39 is 0 Å². The van der Waals surface area contributed by atoms with Crippen LogP contribution >= 0.6 is 0 Å². The Kier molecular flexibility index (Phi) is 3.81. The van der Waals surface area contributed by atoms with Crippen molar-refractivity contribution in [1.29, 1.82) is 0 Å². The van der Waals surface area contributed by atoms with Crippen molar-refractivity contribution in [2.45, 2.75) is 18.9 Å². The first-order valence-electron chi connectivity index (χ1n) is 7.90. The van der Waals surface area contributed by atoms with E-state index in [2.05, 4.69) is 20.2 Å². The van der Waals surface area contributed by atoms with E-state index in [1.165, 1.54) is 0 Å². The van der Waals surface area contributed by atoms with Crippen molar-refractivity contribution in [2.24, 2.45) is 10.2 Å². The minimum absolute atomic E-state index is 0.0290. The highest BCUT2D eigenvalue weighted by Crippen LogP contribution is 2.36. The lowest BCUT2D eigenvalue weighted by molar-refractivity contribution is 0.0973. The average molecular weight is 333 g/mol. The molecule has 0 radical (unpaired) electrons. The van der Waals surface area contributed by atoms with Crippen LogP contribution in [0, 0.1) is 0 Å². The number of nitrogens with two attached hydrogens (primary N) is 1. The van der Waals surface area contributed by atoms with Crippen LogP contribution in [-0.4, -0.2) is 21.8 Å². The number of nitrogens with zero attached hydrogens (tertiary/aromatic N) is 4. The number of nitrogen functional groups attached to an aromatic ring is 1. The van der Waals surface area contributed by atoms with Gasteiger partial charge in [0.15, 0.2) is 11.5 Å². The van der Waals surface area contributed by atoms with Gasteiger partial charge in [0, 0.05) is 18.4 Å². The fourth-order valence-corrected chi connectivity index (χ4v) is 2.83. The van der Waals surface area contributed by atoms with Gasteiger partial charge in [-0.15, -0.1) is 0 Å². The van der Waals surface area contributed by atoms with Gasteiger partial charge in [0.2, 0.25) is 5.95 Å². The van der Waals surface area contributed by atoms with E-state index in [9.17, 15) is 4.79 Å². The summed E-state index contributed by atoms with van der Waals surface area (Å²) in [6.45, 7) is 0. The lowest BCUT2D eigenvalue weighted by Crippen LogP contribution is -2.18. The highest BCUT2D eigenvalue weighted by molar-refractivity contribution is 5.96. The van der Waals surface area contributed by atoms with Crippen molar-refractivity contribution in [3.05, 3.63) is 60.0 Å². The largest absolute Gasteiger partial charge is 0.463 e. The summed E-state index contributed by atoms with van der Waals surface area (Å²) in [7, 11) is 0. The van der Waals surface area contributed by atoms with Crippen LogP contribution in [0.1, 0.15) is 22.5 Å². The topological polar surface area (TPSA) is 107 Å². The maximum Gasteiger partial charge on any atom is 0.221 e. The molecule has 2 aromatic heterocycles. The van der Waals surface area contributed by atoms with Crippen LogP contribution in [0.3, 0.4) is 0 Å². The molecule has 0 fully saturated rings. The zero-order valence-electron chi connectivity index (χ0n) is 13.3. The highest BCUT2D eigenvalue weighted by Gasteiger charge is 2.25. The second kappa shape index (κ2) is 6.27. The molecule has 0 amide bonds. The number of fused-ring (bicyclic) bond motifs is 1. The van der Waals surface area contributed by atoms with E-state index in [4.69, 9.17) is 10.2 Å². The number of Topliss-reactive ketones (excluding diaryl/α,β-unsaturated/α-hetero) is 1. The zero-order chi connectivity index (χ0) is 17.2. The van der Waals surface area contributed by atoms with Gasteiger partial charge in [-0.05, 0) is 12.1 Å². The molecule has 0 spiro atoms. The number of anilines is 1. The molecule has 0 aliphatic carbocycles. The molecule has 0 saturated heterocycles. The van der Waals surface area contributed by atoms with Gasteiger partial charge >= 0.3 is 0 Å². The SMILES string of the molecule is Nc1nc2c(c(-c3ccco3)n1)N=NC(CC(=O)c1ccccc1)C2. The van der Waals surface area contributed by atoms with Crippen LogP contribution in [0.25, 0.3) is 11.5 Å². The zero-order valence-corrected chi connectivity index (χ0v) is 13.3. The number of furan rings is 1. The highest BCUT2D eigenvalue weighted by atomic mass is 16.3. The lowest BCUT2D eigenvalue weighted by Gasteiger charge is -2.17. The Hall–Kier alpha value is -3.35. The molecule has 2 N–H and O–H groups in total. The molecule has 1 unspecified atom stereocenters. The second-order valence-corrected chi connectivity index (χ2v) is 5.77. The number of azo groups is 1. The molecule has 1 aliphatic rings. The molecule has 3 heterocycles. The number of hydrogen-bond donors (Lipinski definition) is 1. The molecule has 1 aliphatic heterocycles. The Morgan fingerprint density at radius 2 is 2.00 bits per heavy atom. The first-order chi connectivity index (χ1) is 12.2. The lowest BCUT2D eigenvalue weighted by atomic mass is 9.99. The molecule has 7 nitrogen and oxygen atoms in total. The minimum Gasteiger partial charge on any atom is -0.463 e. The molecule has 7 heteroatoms. The number of hydrogen-bond acceptors (Lipinski definition) is 7. The maximum absolute atomic E-state index is 12.4. The van der Waals surface area contributed by atoms with E-state index in [1.54, 1.807) is 30.5 Å². The Morgan fingerprint density at radius 1 is 1.16 bits per heavy atom. The van der Waals surface area contributed by atoms with Crippen LogP contribution in [0.2, 0.25) is 0 Å². The predicted octanol–water partition coefficient (Wildman–Crippen LogP) is 3.60. The molecule has 124 valence electrons. The third-order valence-corrected chi connectivity index (χ3v) is 3.99. The number of carbonyl (C=O) groups excluding carboxylic acids is 1. The maximum atomic E-state index is 12.4. The van der Waals surface area contributed by atoms with E-state index in [0.717, 1.165) is 0 Å². The van der Waals surface area contributed by atoms with Gasteiger partial charge in [0.25, 0.3) is 0 Å². The van der Waals surface area contributed by atoms with Crippen LogP contribution in [0.4, 0.5) is 11.6 Å². The van der Waals surface area contributed by atoms with Gasteiger partial charge in [-0.2, -0.15) is 10.2 Å². The number of benzene rings is 1. The van der Waals surface area contributed by atoms with Gasteiger partial charge in [-0.1, -0.05) is 30.3 Å². The van der Waals surface area contributed by atoms with E-state index in [0.29, 0.717) is 34.8 Å². The average Bonchev–Trinajstić information content (AvgIpc) is 3.16. The fourth-order valence-electron chi connectivity index (χ4n) is 2.83. The summed E-state index contributed by atoms with van der Waals surface area (Å²) < 4.78 is 5.39. The van der Waals surface area contributed by atoms with Crippen molar-refractivity contribution in [1.82, 2.24) is 9.97 Å². The first kappa shape index (κ1) is 15.2. The fraction of sp³-hybridized carbons (Fsp3) is 0.167. The van der Waals surface area contributed by atoms with Gasteiger partial charge < -0.3 is 10.2 Å². The molecular weight excluding hydrogens is 318 g/mol. The van der Waals surface area contributed by atoms with Gasteiger partial charge in [-0.3, -0.25) is 4.79 Å². The number of carbonyl (C=O) groups is 1. The minimum atomic E-state index is -0.265. The van der Waals surface area contributed by atoms with Crippen LogP contribution in [0.5, 0.6) is 0 Å². The monoisotopic (exact) mass is 333 g/mol. The molecule has 4 rings (SSSR count). The Balaban J connectivity index is 1.60. The van der Waals surface area contributed by atoms with E-state index >= 15 is 0 Å². The van der Waals surface area contributed by atoms with Crippen molar-refractivity contribution >= 4 is 17.4 Å². The summed E-state index contributed by atoms with van der Waals surface area (Å²) in [5.74, 6) is 0.736. The summed E-state index contributed by atoms with van der Waals surface area (Å²) in [5.41, 5.74) is 8.24. The van der Waals surface area contributed by atoms with Crippen LogP contribution < -0.4 is 5.73 Å². The van der Waals surface area contributed by atoms with Gasteiger partial charge in [-0.25, -0.2) is 9.97 Å². The van der Waals surface area contributed by atoms with Crippen LogP contribution in [0.15, 0.2) is 63.4 Å². The summed E-state index contributed by atoms with van der Waals surface area (Å²) in [6, 6.07) is 12.4. The van der Waals surface area contributed by atoms with E-state index in [-0.39, 0.29) is 24.2 Å². The quantitative estimate of drug-likeness (QED) is 0.734. The predicted molar refractivity (Wildman–Crippen MR) is 91.5 cm³/mol. The standard InChI is InChI=1S/C18H15N5O2/c19-18-20-13-9-12(10-14(24)11-5-2-1-3-6-11)22-23-16(13)17(21-18)15-7-4-8-25-15/h1-8,12H,9-10H2,(H2,19,20,21). The second-order valence-electron chi connectivity index (χ2n) is 5.77. The van der Waals surface area contributed by atoms with E-state index in [1.807, 2.05) is 18.2 Å². The van der Waals surface area contributed by atoms with Crippen molar-refractivity contribution < 1.29 is 9.21 Å². The van der Waals surface area contributed by atoms with Gasteiger partial charge in [0.1, 0.15) is 11.4 Å².